The van der Waals surface area contributed by atoms with Crippen molar-refractivity contribution in [2.24, 2.45) is 0 Å². The third kappa shape index (κ3) is 4.68. The lowest BCUT2D eigenvalue weighted by atomic mass is 10.0. The molecule has 2 aliphatic rings. The van der Waals surface area contributed by atoms with Crippen LogP contribution < -0.4 is 20.3 Å². The summed E-state index contributed by atoms with van der Waals surface area (Å²) in [6.07, 6.45) is 7.33. The zero-order chi connectivity index (χ0) is 23.0. The molecule has 3 aromatic heterocycles. The number of hydrogen-bond acceptors (Lipinski definition) is 10. The number of anilines is 4. The Morgan fingerprint density at radius 1 is 1.24 bits per heavy atom. The van der Waals surface area contributed by atoms with Crippen molar-refractivity contribution < 1.29 is 13.2 Å². The van der Waals surface area contributed by atoms with E-state index in [1.807, 2.05) is 12.4 Å². The first-order valence-corrected chi connectivity index (χ1v) is 12.8. The van der Waals surface area contributed by atoms with Gasteiger partial charge < -0.3 is 20.3 Å². The molecule has 0 spiro atoms. The van der Waals surface area contributed by atoms with Gasteiger partial charge in [0.05, 0.1) is 35.6 Å². The Morgan fingerprint density at radius 3 is 2.97 bits per heavy atom. The van der Waals surface area contributed by atoms with Crippen molar-refractivity contribution in [1.82, 2.24) is 19.9 Å². The molecule has 3 aromatic rings. The Labute approximate surface area is 192 Å². The van der Waals surface area contributed by atoms with Crippen molar-refractivity contribution >= 4 is 32.8 Å². The smallest absolute Gasteiger partial charge is 0.237 e. The van der Waals surface area contributed by atoms with Gasteiger partial charge in [0.2, 0.25) is 11.8 Å². The van der Waals surface area contributed by atoms with Crippen LogP contribution in [0.1, 0.15) is 22.5 Å². The largest absolute Gasteiger partial charge is 0.474 e. The normalized spacial score (nSPS) is 15.2. The summed E-state index contributed by atoms with van der Waals surface area (Å²) in [6.45, 7) is 4.97. The van der Waals surface area contributed by atoms with E-state index in [4.69, 9.17) is 9.72 Å². The molecule has 0 aliphatic carbocycles. The molecule has 0 bridgehead atoms. The van der Waals surface area contributed by atoms with E-state index in [-0.39, 0.29) is 5.75 Å². The molecule has 0 unspecified atom stereocenters. The number of ether oxygens (including phenoxy) is 1. The molecule has 0 radical (unpaired) electrons. The highest BCUT2D eigenvalue weighted by Crippen LogP contribution is 2.36. The quantitative estimate of drug-likeness (QED) is 0.577. The van der Waals surface area contributed by atoms with Crippen LogP contribution in [0.4, 0.5) is 23.0 Å². The minimum Gasteiger partial charge on any atom is -0.474 e. The summed E-state index contributed by atoms with van der Waals surface area (Å²) in [5, 5.41) is 6.56. The van der Waals surface area contributed by atoms with Gasteiger partial charge in [0.1, 0.15) is 12.3 Å². The minimum absolute atomic E-state index is 0.114. The van der Waals surface area contributed by atoms with Crippen LogP contribution >= 0.6 is 0 Å². The summed E-state index contributed by atoms with van der Waals surface area (Å²) in [7, 11) is -3.17. The van der Waals surface area contributed by atoms with Crippen LogP contribution in [-0.4, -0.2) is 54.3 Å². The second kappa shape index (κ2) is 8.47. The van der Waals surface area contributed by atoms with E-state index >= 15 is 0 Å². The number of pyridine rings is 2. The molecular weight excluding hydrogens is 442 g/mol. The Morgan fingerprint density at radius 2 is 2.12 bits per heavy atom. The molecule has 5 rings (SSSR count). The van der Waals surface area contributed by atoms with Crippen molar-refractivity contribution in [2.75, 3.05) is 41.5 Å². The average molecular weight is 468 g/mol. The first-order chi connectivity index (χ1) is 15.9. The molecule has 0 atom stereocenters. The molecule has 0 aromatic carbocycles. The summed E-state index contributed by atoms with van der Waals surface area (Å²) in [5.74, 6) is 1.00. The zero-order valence-corrected chi connectivity index (χ0v) is 19.3. The van der Waals surface area contributed by atoms with Crippen LogP contribution in [0.2, 0.25) is 0 Å². The Kier molecular flexibility index (Phi) is 5.49. The van der Waals surface area contributed by atoms with Gasteiger partial charge in [-0.1, -0.05) is 0 Å². The number of rotatable bonds is 5. The first kappa shape index (κ1) is 21.4. The van der Waals surface area contributed by atoms with Gasteiger partial charge in [-0.05, 0) is 31.0 Å². The molecule has 0 saturated carbocycles. The Bertz CT molecular complexity index is 1310. The van der Waals surface area contributed by atoms with Gasteiger partial charge >= 0.3 is 0 Å². The van der Waals surface area contributed by atoms with E-state index in [0.717, 1.165) is 47.7 Å². The molecule has 33 heavy (non-hydrogen) atoms. The molecule has 172 valence electrons. The van der Waals surface area contributed by atoms with Gasteiger partial charge in [-0.3, -0.25) is 4.98 Å². The number of nitrogens with zero attached hydrogens (tertiary/aromatic N) is 5. The van der Waals surface area contributed by atoms with Crippen LogP contribution in [0.25, 0.3) is 0 Å². The van der Waals surface area contributed by atoms with Gasteiger partial charge in [0.25, 0.3) is 0 Å². The van der Waals surface area contributed by atoms with E-state index in [1.54, 1.807) is 18.3 Å². The Hall–Kier alpha value is -3.47. The number of fused-ring (bicyclic) bond motifs is 2. The monoisotopic (exact) mass is 467 g/mol. The van der Waals surface area contributed by atoms with Crippen molar-refractivity contribution in [2.45, 2.75) is 25.6 Å². The van der Waals surface area contributed by atoms with Crippen molar-refractivity contribution in [3.8, 4) is 5.88 Å². The maximum atomic E-state index is 11.6. The third-order valence-corrected chi connectivity index (χ3v) is 6.51. The molecule has 2 aliphatic heterocycles. The molecule has 0 amide bonds. The molecule has 2 N–H and O–H groups in total. The highest BCUT2D eigenvalue weighted by atomic mass is 32.2. The molecular formula is C22H25N7O3S. The highest BCUT2D eigenvalue weighted by molar-refractivity contribution is 7.89. The summed E-state index contributed by atoms with van der Waals surface area (Å²) in [4.78, 5) is 20.1. The van der Waals surface area contributed by atoms with Crippen molar-refractivity contribution in [3.05, 3.63) is 53.2 Å². The lowest BCUT2D eigenvalue weighted by Gasteiger charge is -2.32. The van der Waals surface area contributed by atoms with Crippen LogP contribution in [0.15, 0.2) is 30.7 Å². The van der Waals surface area contributed by atoms with Crippen molar-refractivity contribution in [3.63, 3.8) is 0 Å². The maximum absolute atomic E-state index is 11.6. The fourth-order valence-corrected chi connectivity index (χ4v) is 4.83. The number of aromatic nitrogens is 4. The van der Waals surface area contributed by atoms with E-state index < -0.39 is 9.84 Å². The van der Waals surface area contributed by atoms with Gasteiger partial charge in [0, 0.05) is 43.0 Å². The highest BCUT2D eigenvalue weighted by Gasteiger charge is 2.24. The summed E-state index contributed by atoms with van der Waals surface area (Å²) < 4.78 is 28.8. The number of sulfone groups is 1. The van der Waals surface area contributed by atoms with E-state index in [9.17, 15) is 8.42 Å². The van der Waals surface area contributed by atoms with Gasteiger partial charge in [-0.2, -0.15) is 0 Å². The topological polar surface area (TPSA) is 122 Å². The summed E-state index contributed by atoms with van der Waals surface area (Å²) in [5.41, 5.74) is 6.37. The predicted molar refractivity (Wildman–Crippen MR) is 126 cm³/mol. The molecule has 11 heteroatoms. The SMILES string of the molecule is Cc1c(N2CCc3cnc(Nc4ccnc(CS(C)(=O)=O)c4)nc3C2)cnc2c1NCCO2. The van der Waals surface area contributed by atoms with E-state index in [0.29, 0.717) is 36.4 Å². The number of nitrogens with one attached hydrogen (secondary N) is 2. The standard InChI is InChI=1S/C22H25N7O3S/c1-14-19(11-25-21-20(14)24-6-8-32-21)29-7-4-15-10-26-22(28-18(15)12-29)27-16-3-5-23-17(9-16)13-33(2,30)31/h3,5,9-11,24H,4,6-8,12-13H2,1-2H3,(H,23,26,27,28). The van der Waals surface area contributed by atoms with Gasteiger partial charge in [0.15, 0.2) is 9.84 Å². The summed E-state index contributed by atoms with van der Waals surface area (Å²) >= 11 is 0. The fraction of sp³-hybridized carbons (Fsp3) is 0.364. The van der Waals surface area contributed by atoms with Crippen LogP contribution in [0, 0.1) is 6.92 Å². The minimum atomic E-state index is -3.17. The average Bonchev–Trinajstić information content (AvgIpc) is 2.78. The molecule has 5 heterocycles. The predicted octanol–water partition coefficient (Wildman–Crippen LogP) is 2.23. The second-order valence-electron chi connectivity index (χ2n) is 8.29. The van der Waals surface area contributed by atoms with Crippen LogP contribution in [-0.2, 0) is 28.6 Å². The lowest BCUT2D eigenvalue weighted by Crippen LogP contribution is -2.32. The Balaban J connectivity index is 1.36. The molecule has 10 nitrogen and oxygen atoms in total. The van der Waals surface area contributed by atoms with Gasteiger partial charge in [-0.25, -0.2) is 23.4 Å². The van der Waals surface area contributed by atoms with Gasteiger partial charge in [-0.15, -0.1) is 0 Å². The molecule has 0 saturated heterocycles. The maximum Gasteiger partial charge on any atom is 0.237 e. The second-order valence-corrected chi connectivity index (χ2v) is 10.4. The third-order valence-electron chi connectivity index (χ3n) is 5.69. The first-order valence-electron chi connectivity index (χ1n) is 10.7. The zero-order valence-electron chi connectivity index (χ0n) is 18.5. The van der Waals surface area contributed by atoms with Crippen LogP contribution in [0.5, 0.6) is 5.88 Å². The van der Waals surface area contributed by atoms with E-state index in [1.165, 1.54) is 6.26 Å². The lowest BCUT2D eigenvalue weighted by molar-refractivity contribution is 0.310. The number of hydrogen-bond donors (Lipinski definition) is 2. The fourth-order valence-electron chi connectivity index (χ4n) is 4.13. The summed E-state index contributed by atoms with van der Waals surface area (Å²) in [6, 6.07) is 3.46. The van der Waals surface area contributed by atoms with Crippen LogP contribution in [0.3, 0.4) is 0 Å². The van der Waals surface area contributed by atoms with Crippen molar-refractivity contribution in [1.29, 1.82) is 0 Å². The van der Waals surface area contributed by atoms with E-state index in [2.05, 4.69) is 37.4 Å². The molecule has 0 fully saturated rings.